The number of nitrogens with two attached hydrogens (primary N) is 1. The molecule has 14 heavy (non-hydrogen) atoms. The van der Waals surface area contributed by atoms with Crippen LogP contribution >= 0.6 is 0 Å². The van der Waals surface area contributed by atoms with Crippen LogP contribution in [0.15, 0.2) is 0 Å². The van der Waals surface area contributed by atoms with Crippen LogP contribution in [0.25, 0.3) is 0 Å². The Kier molecular flexibility index (Phi) is 4.99. The molecule has 0 spiro atoms. The van der Waals surface area contributed by atoms with E-state index in [2.05, 4.69) is 0 Å². The minimum atomic E-state index is -3.71. The van der Waals surface area contributed by atoms with Gasteiger partial charge in [0.05, 0.1) is 11.5 Å². The molecule has 2 N–H and O–H groups in total. The van der Waals surface area contributed by atoms with Crippen LogP contribution in [0, 0.1) is 0 Å². The zero-order valence-corrected chi connectivity index (χ0v) is 9.94. The van der Waals surface area contributed by atoms with E-state index in [-0.39, 0.29) is 0 Å². The van der Waals surface area contributed by atoms with Crippen molar-refractivity contribution in [3.63, 3.8) is 0 Å². The molecule has 0 saturated carbocycles. The first kappa shape index (κ1) is 13.8. The van der Waals surface area contributed by atoms with E-state index in [9.17, 15) is 16.8 Å². The van der Waals surface area contributed by atoms with Gasteiger partial charge in [-0.3, -0.25) is 0 Å². The standard InChI is InChI=1S/C6H16N2O4S2/c1-3-8(4-2)14(11,12)6-5-13(7,9)10/h3-6H2,1-2H3,(H2,7,9,10). The zero-order valence-electron chi connectivity index (χ0n) is 8.30. The molecule has 0 aromatic heterocycles. The van der Waals surface area contributed by atoms with Gasteiger partial charge in [-0.25, -0.2) is 26.3 Å². The summed E-state index contributed by atoms with van der Waals surface area (Å²) < 4.78 is 45.2. The Morgan fingerprint density at radius 2 is 1.43 bits per heavy atom. The van der Waals surface area contributed by atoms with Gasteiger partial charge in [-0.2, -0.15) is 0 Å². The summed E-state index contributed by atoms with van der Waals surface area (Å²) in [7, 11) is -7.19. The number of primary sulfonamides is 1. The molecule has 6 nitrogen and oxygen atoms in total. The highest BCUT2D eigenvalue weighted by molar-refractivity contribution is 7.92. The van der Waals surface area contributed by atoms with Crippen molar-refractivity contribution < 1.29 is 16.8 Å². The second-order valence-corrected chi connectivity index (χ2v) is 6.59. The monoisotopic (exact) mass is 244 g/mol. The van der Waals surface area contributed by atoms with Crippen molar-refractivity contribution in [3.8, 4) is 0 Å². The van der Waals surface area contributed by atoms with Crippen LogP contribution in [-0.4, -0.2) is 45.7 Å². The minimum absolute atomic E-state index is 0.337. The molecule has 0 aliphatic carbocycles. The summed E-state index contributed by atoms with van der Waals surface area (Å²) in [6, 6.07) is 0. The molecule has 0 aromatic rings. The van der Waals surface area contributed by atoms with Crippen LogP contribution in [0.2, 0.25) is 0 Å². The molecular formula is C6H16N2O4S2. The normalized spacial score (nSPS) is 13.4. The van der Waals surface area contributed by atoms with Gasteiger partial charge in [0.25, 0.3) is 0 Å². The third kappa shape index (κ3) is 4.89. The third-order valence-corrected chi connectivity index (χ3v) is 4.78. The first-order valence-electron chi connectivity index (χ1n) is 4.21. The van der Waals surface area contributed by atoms with E-state index in [0.717, 1.165) is 0 Å². The number of rotatable bonds is 6. The fraction of sp³-hybridized carbons (Fsp3) is 1.00. The van der Waals surface area contributed by atoms with Crippen molar-refractivity contribution in [1.82, 2.24) is 4.31 Å². The molecule has 0 rings (SSSR count). The summed E-state index contributed by atoms with van der Waals surface area (Å²) >= 11 is 0. The second kappa shape index (κ2) is 5.06. The topological polar surface area (TPSA) is 97.5 Å². The number of hydrogen-bond acceptors (Lipinski definition) is 4. The lowest BCUT2D eigenvalue weighted by Crippen LogP contribution is -2.35. The molecule has 0 aliphatic heterocycles. The first-order chi connectivity index (χ1) is 6.23. The summed E-state index contributed by atoms with van der Waals surface area (Å²) in [6.45, 7) is 4.06. The molecule has 0 aromatic carbocycles. The Balaban J connectivity index is 4.50. The van der Waals surface area contributed by atoms with Crippen molar-refractivity contribution in [2.45, 2.75) is 13.8 Å². The van der Waals surface area contributed by atoms with Gasteiger partial charge in [0.2, 0.25) is 20.0 Å². The summed E-state index contributed by atoms with van der Waals surface area (Å²) in [5.41, 5.74) is 0. The smallest absolute Gasteiger partial charge is 0.215 e. The molecule has 0 radical (unpaired) electrons. The van der Waals surface area contributed by atoms with E-state index in [4.69, 9.17) is 5.14 Å². The van der Waals surface area contributed by atoms with Crippen LogP contribution in [0.3, 0.4) is 0 Å². The van der Waals surface area contributed by atoms with Crippen LogP contribution in [-0.2, 0) is 20.0 Å². The van der Waals surface area contributed by atoms with E-state index >= 15 is 0 Å². The van der Waals surface area contributed by atoms with Crippen molar-refractivity contribution in [3.05, 3.63) is 0 Å². The van der Waals surface area contributed by atoms with Gasteiger partial charge in [0.15, 0.2) is 0 Å². The molecule has 8 heteroatoms. The largest absolute Gasteiger partial charge is 0.229 e. The quantitative estimate of drug-likeness (QED) is 0.644. The Morgan fingerprint density at radius 1 is 1.00 bits per heavy atom. The zero-order chi connectivity index (χ0) is 11.4. The number of hydrogen-bond donors (Lipinski definition) is 1. The van der Waals surface area contributed by atoms with E-state index in [1.165, 1.54) is 4.31 Å². The van der Waals surface area contributed by atoms with Crippen molar-refractivity contribution >= 4 is 20.0 Å². The Labute approximate surface area is 85.2 Å². The molecule has 86 valence electrons. The SMILES string of the molecule is CCN(CC)S(=O)(=O)CCS(N)(=O)=O. The predicted octanol–water partition coefficient (Wildman–Crippen LogP) is -1.05. The van der Waals surface area contributed by atoms with E-state index in [1.54, 1.807) is 13.8 Å². The molecule has 0 atom stereocenters. The summed E-state index contributed by atoms with van der Waals surface area (Å²) in [5, 5.41) is 4.71. The van der Waals surface area contributed by atoms with Gasteiger partial charge in [0.1, 0.15) is 0 Å². The second-order valence-electron chi connectivity index (χ2n) is 2.77. The number of sulfonamides is 2. The lowest BCUT2D eigenvalue weighted by molar-refractivity contribution is 0.446. The molecule has 0 fully saturated rings. The van der Waals surface area contributed by atoms with Gasteiger partial charge in [-0.15, -0.1) is 0 Å². The van der Waals surface area contributed by atoms with E-state index < -0.39 is 31.6 Å². The van der Waals surface area contributed by atoms with Crippen LogP contribution in [0.5, 0.6) is 0 Å². The van der Waals surface area contributed by atoms with Gasteiger partial charge in [-0.1, -0.05) is 13.8 Å². The highest BCUT2D eigenvalue weighted by Crippen LogP contribution is 2.00. The molecular weight excluding hydrogens is 228 g/mol. The van der Waals surface area contributed by atoms with Gasteiger partial charge in [-0.05, 0) is 0 Å². The maximum Gasteiger partial charge on any atom is 0.215 e. The highest BCUT2D eigenvalue weighted by Gasteiger charge is 2.20. The highest BCUT2D eigenvalue weighted by atomic mass is 32.2. The first-order valence-corrected chi connectivity index (χ1v) is 7.53. The maximum absolute atomic E-state index is 11.4. The Morgan fingerprint density at radius 3 is 1.71 bits per heavy atom. The fourth-order valence-corrected chi connectivity index (χ4v) is 3.78. The average molecular weight is 244 g/mol. The van der Waals surface area contributed by atoms with Crippen molar-refractivity contribution in [1.29, 1.82) is 0 Å². The third-order valence-electron chi connectivity index (χ3n) is 1.72. The number of nitrogens with zero attached hydrogens (tertiary/aromatic N) is 1. The molecule has 0 heterocycles. The molecule has 0 bridgehead atoms. The Bertz CT molecular complexity index is 355. The lowest BCUT2D eigenvalue weighted by Gasteiger charge is -2.17. The van der Waals surface area contributed by atoms with Crippen molar-refractivity contribution in [2.24, 2.45) is 5.14 Å². The van der Waals surface area contributed by atoms with E-state index in [0.29, 0.717) is 13.1 Å². The summed E-state index contributed by atoms with van der Waals surface area (Å²) in [4.78, 5) is 0. The van der Waals surface area contributed by atoms with Gasteiger partial charge in [0, 0.05) is 13.1 Å². The Hall–Kier alpha value is -0.180. The van der Waals surface area contributed by atoms with Crippen LogP contribution in [0.4, 0.5) is 0 Å². The maximum atomic E-state index is 11.4. The average Bonchev–Trinajstić information content (AvgIpc) is 2.02. The molecule has 0 saturated heterocycles. The summed E-state index contributed by atoms with van der Waals surface area (Å²) in [5.74, 6) is -0.987. The van der Waals surface area contributed by atoms with Crippen LogP contribution in [0.1, 0.15) is 13.8 Å². The fourth-order valence-electron chi connectivity index (χ4n) is 0.968. The molecule has 0 amide bonds. The van der Waals surface area contributed by atoms with E-state index in [1.807, 2.05) is 0 Å². The van der Waals surface area contributed by atoms with Crippen LogP contribution < -0.4 is 5.14 Å². The minimum Gasteiger partial charge on any atom is -0.229 e. The molecule has 0 unspecified atom stereocenters. The summed E-state index contributed by atoms with van der Waals surface area (Å²) in [6.07, 6.45) is 0. The van der Waals surface area contributed by atoms with Gasteiger partial charge < -0.3 is 0 Å². The predicted molar refractivity (Wildman–Crippen MR) is 54.7 cm³/mol. The lowest BCUT2D eigenvalue weighted by atomic mass is 10.7. The van der Waals surface area contributed by atoms with Gasteiger partial charge >= 0.3 is 0 Å². The van der Waals surface area contributed by atoms with Crippen molar-refractivity contribution in [2.75, 3.05) is 24.6 Å². The molecule has 0 aliphatic rings.